The van der Waals surface area contributed by atoms with Gasteiger partial charge in [-0.05, 0) is 85.8 Å². The lowest BCUT2D eigenvalue weighted by Gasteiger charge is -2.57. The number of carboxylic acids is 1. The molecule has 1 heterocycles. The molecule has 0 saturated heterocycles. The first-order valence-corrected chi connectivity index (χ1v) is 15.6. The van der Waals surface area contributed by atoms with Gasteiger partial charge in [-0.3, -0.25) is 14.4 Å². The van der Waals surface area contributed by atoms with Crippen LogP contribution in [-0.4, -0.2) is 45.9 Å². The second kappa shape index (κ2) is 11.0. The van der Waals surface area contributed by atoms with Gasteiger partial charge in [0.1, 0.15) is 12.1 Å². The smallest absolute Gasteiger partial charge is 0.326 e. The molecular weight excluding hydrogens is 532 g/mol. The molecular formula is C34H42N2O6. The molecule has 0 spiro atoms. The van der Waals surface area contributed by atoms with Crippen LogP contribution in [0.1, 0.15) is 83.6 Å². The minimum Gasteiger partial charge on any atom is -0.480 e. The molecule has 0 bridgehead atoms. The lowest BCUT2D eigenvalue weighted by molar-refractivity contribution is -0.160. The third-order valence-corrected chi connectivity index (χ3v) is 11.4. The number of carboxylic acid groups (broad SMARTS) is 1. The Labute approximate surface area is 246 Å². The van der Waals surface area contributed by atoms with Crippen LogP contribution >= 0.6 is 0 Å². The third kappa shape index (κ3) is 5.07. The van der Waals surface area contributed by atoms with Crippen LogP contribution < -0.4 is 5.32 Å². The predicted molar refractivity (Wildman–Crippen MR) is 157 cm³/mol. The van der Waals surface area contributed by atoms with Crippen LogP contribution in [0.5, 0.6) is 0 Å². The van der Waals surface area contributed by atoms with Crippen LogP contribution in [0.15, 0.2) is 42.1 Å². The number of ether oxygens (including phenoxy) is 1. The number of aromatic amines is 1. The van der Waals surface area contributed by atoms with Crippen molar-refractivity contribution in [2.75, 3.05) is 0 Å². The van der Waals surface area contributed by atoms with Gasteiger partial charge < -0.3 is 20.1 Å². The number of aromatic nitrogens is 1. The highest BCUT2D eigenvalue weighted by Gasteiger charge is 2.60. The summed E-state index contributed by atoms with van der Waals surface area (Å²) in [7, 11) is 0. The topological polar surface area (TPSA) is 126 Å². The molecule has 0 unspecified atom stereocenters. The molecule has 6 rings (SSSR count). The maximum Gasteiger partial charge on any atom is 0.326 e. The zero-order chi connectivity index (χ0) is 29.6. The molecule has 3 N–H and O–H groups in total. The van der Waals surface area contributed by atoms with Gasteiger partial charge in [-0.2, -0.15) is 0 Å². The first-order chi connectivity index (χ1) is 20.1. The summed E-state index contributed by atoms with van der Waals surface area (Å²) in [4.78, 5) is 52.8. The van der Waals surface area contributed by atoms with Gasteiger partial charge in [0.25, 0.3) is 0 Å². The van der Waals surface area contributed by atoms with E-state index in [0.717, 1.165) is 61.4 Å². The van der Waals surface area contributed by atoms with Crippen molar-refractivity contribution >= 4 is 34.5 Å². The number of hydrogen-bond donors (Lipinski definition) is 3. The summed E-state index contributed by atoms with van der Waals surface area (Å²) in [6.45, 7) is 4.66. The summed E-state index contributed by atoms with van der Waals surface area (Å²) < 4.78 is 6.05. The monoisotopic (exact) mass is 574 g/mol. The Bertz CT molecular complexity index is 1440. The van der Waals surface area contributed by atoms with Gasteiger partial charge in [-0.1, -0.05) is 37.6 Å². The van der Waals surface area contributed by atoms with Crippen molar-refractivity contribution < 1.29 is 29.0 Å². The Kier molecular flexibility index (Phi) is 7.52. The number of esters is 1. The summed E-state index contributed by atoms with van der Waals surface area (Å²) in [5.74, 6) is -0.0533. The van der Waals surface area contributed by atoms with Gasteiger partial charge in [-0.25, -0.2) is 4.79 Å². The summed E-state index contributed by atoms with van der Waals surface area (Å²) in [5.41, 5.74) is 3.12. The number of H-pyrrole nitrogens is 1. The highest BCUT2D eigenvalue weighted by molar-refractivity contribution is 5.91. The molecule has 42 heavy (non-hydrogen) atoms. The Balaban J connectivity index is 1.03. The van der Waals surface area contributed by atoms with E-state index in [1.807, 2.05) is 30.3 Å². The number of nitrogens with one attached hydrogen (secondary N) is 2. The maximum absolute atomic E-state index is 12.9. The summed E-state index contributed by atoms with van der Waals surface area (Å²) in [6.07, 6.45) is 11.2. The molecule has 1 aromatic heterocycles. The van der Waals surface area contributed by atoms with E-state index < -0.39 is 23.9 Å². The van der Waals surface area contributed by atoms with Crippen LogP contribution in [-0.2, 0) is 30.3 Å². The average molecular weight is 575 g/mol. The number of carbonyl (C=O) groups is 4. The molecule has 1 amide bonds. The molecule has 4 aliphatic carbocycles. The normalized spacial score (nSPS) is 32.7. The van der Waals surface area contributed by atoms with Crippen LogP contribution in [0.3, 0.4) is 0 Å². The Morgan fingerprint density at radius 2 is 1.86 bits per heavy atom. The van der Waals surface area contributed by atoms with Gasteiger partial charge in [0, 0.05) is 41.8 Å². The molecule has 0 radical (unpaired) electrons. The molecule has 0 aliphatic heterocycles. The van der Waals surface area contributed by atoms with Crippen molar-refractivity contribution in [3.8, 4) is 0 Å². The SMILES string of the molecule is C[C@]12CC[C@@H]3[C@H](CCC4=CC(=O)CC[C@@]43C)[C@@H]1CC[C@@H]2OC(=O)CCC(=O)N[C@H](Cc1c[nH]c2ccccc12)C(=O)O. The van der Waals surface area contributed by atoms with E-state index in [1.165, 1.54) is 5.57 Å². The zero-order valence-electron chi connectivity index (χ0n) is 24.6. The average Bonchev–Trinajstić information content (AvgIpc) is 3.52. The lowest BCUT2D eigenvalue weighted by Crippen LogP contribution is -2.51. The van der Waals surface area contributed by atoms with Gasteiger partial charge in [0.15, 0.2) is 5.78 Å². The highest BCUT2D eigenvalue weighted by Crippen LogP contribution is 2.65. The van der Waals surface area contributed by atoms with Crippen molar-refractivity contribution in [3.63, 3.8) is 0 Å². The fraction of sp³-hybridized carbons (Fsp3) is 0.588. The van der Waals surface area contributed by atoms with Crippen LogP contribution in [0.25, 0.3) is 10.9 Å². The van der Waals surface area contributed by atoms with Crippen LogP contribution in [0, 0.1) is 28.6 Å². The van der Waals surface area contributed by atoms with E-state index in [4.69, 9.17) is 4.74 Å². The number of carbonyl (C=O) groups excluding carboxylic acids is 3. The fourth-order valence-corrected chi connectivity index (χ4v) is 9.13. The quantitative estimate of drug-likeness (QED) is 0.357. The molecule has 3 fully saturated rings. The predicted octanol–water partition coefficient (Wildman–Crippen LogP) is 5.50. The molecule has 3 saturated carbocycles. The number of rotatable bonds is 8. The van der Waals surface area contributed by atoms with Crippen LogP contribution in [0.4, 0.5) is 0 Å². The number of amides is 1. The molecule has 2 aromatic rings. The van der Waals surface area contributed by atoms with E-state index >= 15 is 0 Å². The number of aliphatic carboxylic acids is 1. The van der Waals surface area contributed by atoms with E-state index in [-0.39, 0.29) is 42.0 Å². The summed E-state index contributed by atoms with van der Waals surface area (Å²) >= 11 is 0. The third-order valence-electron chi connectivity index (χ3n) is 11.4. The highest BCUT2D eigenvalue weighted by atomic mass is 16.5. The number of para-hydroxylation sites is 1. The second-order valence-electron chi connectivity index (χ2n) is 13.6. The molecule has 8 heteroatoms. The van der Waals surface area contributed by atoms with E-state index in [2.05, 4.69) is 24.1 Å². The lowest BCUT2D eigenvalue weighted by atomic mass is 9.47. The van der Waals surface area contributed by atoms with Crippen molar-refractivity contribution in [2.24, 2.45) is 28.6 Å². The molecule has 7 atom stereocenters. The van der Waals surface area contributed by atoms with E-state index in [9.17, 15) is 24.3 Å². The van der Waals surface area contributed by atoms with Crippen molar-refractivity contribution in [2.45, 2.75) is 96.6 Å². The first-order valence-electron chi connectivity index (χ1n) is 15.6. The molecule has 1 aromatic carbocycles. The van der Waals surface area contributed by atoms with Crippen molar-refractivity contribution in [1.29, 1.82) is 0 Å². The van der Waals surface area contributed by atoms with Crippen molar-refractivity contribution in [3.05, 3.63) is 47.7 Å². The van der Waals surface area contributed by atoms with E-state index in [0.29, 0.717) is 24.2 Å². The Morgan fingerprint density at radius 3 is 2.67 bits per heavy atom. The maximum atomic E-state index is 12.9. The second-order valence-corrected chi connectivity index (χ2v) is 13.6. The molecule has 224 valence electrons. The number of benzene rings is 1. The minimum atomic E-state index is -1.12. The van der Waals surface area contributed by atoms with Gasteiger partial charge in [0.05, 0.1) is 6.42 Å². The molecule has 8 nitrogen and oxygen atoms in total. The zero-order valence-corrected chi connectivity index (χ0v) is 24.6. The molecule has 4 aliphatic rings. The number of hydrogen-bond acceptors (Lipinski definition) is 5. The fourth-order valence-electron chi connectivity index (χ4n) is 9.13. The largest absolute Gasteiger partial charge is 0.480 e. The van der Waals surface area contributed by atoms with E-state index in [1.54, 1.807) is 6.20 Å². The first kappa shape index (κ1) is 28.7. The van der Waals surface area contributed by atoms with Crippen molar-refractivity contribution in [1.82, 2.24) is 10.3 Å². The Hall–Kier alpha value is -3.42. The summed E-state index contributed by atoms with van der Waals surface area (Å²) in [6, 6.07) is 6.53. The number of ketones is 1. The van der Waals surface area contributed by atoms with Gasteiger partial charge >= 0.3 is 11.9 Å². The number of fused-ring (bicyclic) bond motifs is 6. The van der Waals surface area contributed by atoms with Gasteiger partial charge in [-0.15, -0.1) is 0 Å². The standard InChI is InChI=1S/C34H42N2O6/c1-33-15-13-22(37)18-21(33)7-8-24-25-9-10-29(34(25,2)16-14-26(24)33)42-31(39)12-11-30(38)36-28(32(40)41)17-20-19-35-27-6-4-3-5-23(20)27/h3-6,18-19,24-26,28-29,35H,7-17H2,1-2H3,(H,36,38)(H,40,41)/t24-,25+,26-,28-,29+,33+,34+/m1/s1. The minimum absolute atomic E-state index is 0.0745. The Morgan fingerprint density at radius 1 is 1.05 bits per heavy atom. The van der Waals surface area contributed by atoms with Gasteiger partial charge in [0.2, 0.25) is 5.91 Å². The van der Waals surface area contributed by atoms with Crippen LogP contribution in [0.2, 0.25) is 0 Å². The summed E-state index contributed by atoms with van der Waals surface area (Å²) in [5, 5.41) is 13.3. The number of allylic oxidation sites excluding steroid dienone is 1.